The van der Waals surface area contributed by atoms with Crippen molar-refractivity contribution in [1.29, 1.82) is 0 Å². The molecule has 1 aliphatic rings. The minimum Gasteiger partial charge on any atom is -0.497 e. The van der Waals surface area contributed by atoms with Crippen LogP contribution in [0.3, 0.4) is 0 Å². The summed E-state index contributed by atoms with van der Waals surface area (Å²) < 4.78 is 34.6. The number of ether oxygens (including phenoxy) is 1. The molecule has 1 unspecified atom stereocenters. The SMILES string of the molecule is CCc1ccc(S(=O)(=O)NC2CCc3ccc(N(Cc4cccnc4)C(=O)CCc4ccc(OC)cc4)cc32)cc1. The van der Waals surface area contributed by atoms with E-state index in [0.717, 1.165) is 52.1 Å². The van der Waals surface area contributed by atoms with E-state index in [1.54, 1.807) is 36.5 Å². The Morgan fingerprint density at radius 2 is 1.76 bits per heavy atom. The summed E-state index contributed by atoms with van der Waals surface area (Å²) in [5.41, 5.74) is 5.80. The van der Waals surface area contributed by atoms with Gasteiger partial charge in [-0.3, -0.25) is 9.78 Å². The number of carbonyl (C=O) groups excluding carboxylic acids is 1. The molecule has 41 heavy (non-hydrogen) atoms. The summed E-state index contributed by atoms with van der Waals surface area (Å²) in [5.74, 6) is 0.760. The van der Waals surface area contributed by atoms with Crippen molar-refractivity contribution in [2.45, 2.75) is 56.5 Å². The second-order valence-electron chi connectivity index (χ2n) is 10.3. The van der Waals surface area contributed by atoms with E-state index in [2.05, 4.69) is 9.71 Å². The van der Waals surface area contributed by atoms with Crippen molar-refractivity contribution < 1.29 is 17.9 Å². The third-order valence-corrected chi connectivity index (χ3v) is 9.10. The van der Waals surface area contributed by atoms with E-state index >= 15 is 0 Å². The third-order valence-electron chi connectivity index (χ3n) is 7.61. The van der Waals surface area contributed by atoms with Crippen LogP contribution >= 0.6 is 0 Å². The minimum atomic E-state index is -3.70. The highest BCUT2D eigenvalue weighted by Crippen LogP contribution is 2.36. The molecule has 7 nitrogen and oxygen atoms in total. The molecule has 1 N–H and O–H groups in total. The van der Waals surface area contributed by atoms with Crippen molar-refractivity contribution in [2.75, 3.05) is 12.0 Å². The lowest BCUT2D eigenvalue weighted by Gasteiger charge is -2.25. The van der Waals surface area contributed by atoms with Gasteiger partial charge in [0.15, 0.2) is 0 Å². The highest BCUT2D eigenvalue weighted by atomic mass is 32.2. The smallest absolute Gasteiger partial charge is 0.241 e. The number of hydrogen-bond acceptors (Lipinski definition) is 5. The molecule has 0 fully saturated rings. The zero-order valence-corrected chi connectivity index (χ0v) is 24.2. The number of benzene rings is 3. The Morgan fingerprint density at radius 1 is 1.00 bits per heavy atom. The van der Waals surface area contributed by atoms with E-state index in [4.69, 9.17) is 4.74 Å². The zero-order chi connectivity index (χ0) is 28.8. The molecule has 0 saturated carbocycles. The lowest BCUT2D eigenvalue weighted by molar-refractivity contribution is -0.118. The molecule has 8 heteroatoms. The maximum atomic E-state index is 13.7. The van der Waals surface area contributed by atoms with E-state index in [9.17, 15) is 13.2 Å². The number of carbonyl (C=O) groups is 1. The summed E-state index contributed by atoms with van der Waals surface area (Å²) in [4.78, 5) is 19.9. The van der Waals surface area contributed by atoms with Gasteiger partial charge in [0, 0.05) is 30.5 Å². The van der Waals surface area contributed by atoms with Gasteiger partial charge >= 0.3 is 0 Å². The standard InChI is InChI=1S/C33H35N3O4S/c1-3-24-8-16-30(17-9-24)41(38,39)35-32-18-12-27-11-13-28(21-31(27)32)36(23-26-5-4-20-34-22-26)33(37)19-10-25-6-14-29(40-2)15-7-25/h4-9,11,13-17,20-22,32,35H,3,10,12,18-19,23H2,1-2H3. The van der Waals surface area contributed by atoms with Crippen LogP contribution in [0.25, 0.3) is 0 Å². The average Bonchev–Trinajstić information content (AvgIpc) is 3.40. The Kier molecular flexibility index (Phi) is 8.81. The number of amides is 1. The molecule has 0 spiro atoms. The van der Waals surface area contributed by atoms with E-state index < -0.39 is 10.0 Å². The summed E-state index contributed by atoms with van der Waals surface area (Å²) >= 11 is 0. The first kappa shape index (κ1) is 28.5. The summed E-state index contributed by atoms with van der Waals surface area (Å²) in [7, 11) is -2.07. The van der Waals surface area contributed by atoms with Gasteiger partial charge < -0.3 is 9.64 Å². The number of pyridine rings is 1. The van der Waals surface area contributed by atoms with Crippen molar-refractivity contribution in [3.8, 4) is 5.75 Å². The predicted molar refractivity (Wildman–Crippen MR) is 160 cm³/mol. The van der Waals surface area contributed by atoms with Gasteiger partial charge in [-0.25, -0.2) is 13.1 Å². The Bertz CT molecular complexity index is 1590. The summed E-state index contributed by atoms with van der Waals surface area (Å²) in [6.45, 7) is 2.41. The molecule has 212 valence electrons. The lowest BCUT2D eigenvalue weighted by Crippen LogP contribution is -2.31. The molecular weight excluding hydrogens is 534 g/mol. The molecule has 1 aliphatic carbocycles. The van der Waals surface area contributed by atoms with Gasteiger partial charge in [-0.2, -0.15) is 0 Å². The molecule has 3 aromatic carbocycles. The molecule has 0 bridgehead atoms. The molecule has 5 rings (SSSR count). The minimum absolute atomic E-state index is 0.0178. The number of aromatic nitrogens is 1. The number of methoxy groups -OCH3 is 1. The Hall–Kier alpha value is -4.01. The number of sulfonamides is 1. The topological polar surface area (TPSA) is 88.6 Å². The van der Waals surface area contributed by atoms with Crippen LogP contribution in [0.15, 0.2) is 96.2 Å². The van der Waals surface area contributed by atoms with Crippen molar-refractivity contribution in [3.63, 3.8) is 0 Å². The number of nitrogens with one attached hydrogen (secondary N) is 1. The molecule has 1 atom stereocenters. The van der Waals surface area contributed by atoms with E-state index in [1.807, 2.05) is 73.7 Å². The van der Waals surface area contributed by atoms with Crippen LogP contribution in [-0.4, -0.2) is 26.4 Å². The van der Waals surface area contributed by atoms with Gasteiger partial charge in [-0.05, 0) is 96.0 Å². The molecule has 0 radical (unpaired) electrons. The van der Waals surface area contributed by atoms with Gasteiger partial charge in [-0.15, -0.1) is 0 Å². The van der Waals surface area contributed by atoms with Crippen LogP contribution in [0.4, 0.5) is 5.69 Å². The number of anilines is 1. The Balaban J connectivity index is 1.38. The fourth-order valence-corrected chi connectivity index (χ4v) is 6.47. The highest BCUT2D eigenvalue weighted by molar-refractivity contribution is 7.89. The predicted octanol–water partition coefficient (Wildman–Crippen LogP) is 5.78. The van der Waals surface area contributed by atoms with Gasteiger partial charge in [0.25, 0.3) is 0 Å². The zero-order valence-electron chi connectivity index (χ0n) is 23.4. The second-order valence-corrected chi connectivity index (χ2v) is 12.0. The first-order valence-corrected chi connectivity index (χ1v) is 15.4. The fourth-order valence-electron chi connectivity index (χ4n) is 5.22. The molecule has 1 aromatic heterocycles. The van der Waals surface area contributed by atoms with Gasteiger partial charge in [0.2, 0.25) is 15.9 Å². The first-order valence-electron chi connectivity index (χ1n) is 13.9. The molecule has 0 saturated heterocycles. The molecule has 1 heterocycles. The number of fused-ring (bicyclic) bond motifs is 1. The largest absolute Gasteiger partial charge is 0.497 e. The van der Waals surface area contributed by atoms with Gasteiger partial charge in [0.05, 0.1) is 18.6 Å². The van der Waals surface area contributed by atoms with E-state index in [-0.39, 0.29) is 16.8 Å². The van der Waals surface area contributed by atoms with Crippen molar-refractivity contribution in [3.05, 3.63) is 119 Å². The maximum absolute atomic E-state index is 13.7. The summed E-state index contributed by atoms with van der Waals surface area (Å²) in [6, 6.07) is 24.1. The van der Waals surface area contributed by atoms with Gasteiger partial charge in [-0.1, -0.05) is 43.3 Å². The molecule has 4 aromatic rings. The van der Waals surface area contributed by atoms with Crippen LogP contribution in [0, 0.1) is 0 Å². The number of rotatable bonds is 11. The number of aryl methyl sites for hydroxylation is 3. The summed E-state index contributed by atoms with van der Waals surface area (Å²) in [5, 5.41) is 0. The maximum Gasteiger partial charge on any atom is 0.241 e. The van der Waals surface area contributed by atoms with Crippen LogP contribution in [-0.2, 0) is 40.6 Å². The van der Waals surface area contributed by atoms with Gasteiger partial charge in [0.1, 0.15) is 5.75 Å². The van der Waals surface area contributed by atoms with Crippen LogP contribution in [0.5, 0.6) is 5.75 Å². The van der Waals surface area contributed by atoms with Crippen LogP contribution < -0.4 is 14.4 Å². The summed E-state index contributed by atoms with van der Waals surface area (Å²) in [6.07, 6.45) is 6.68. The number of hydrogen-bond donors (Lipinski definition) is 1. The normalized spacial score (nSPS) is 14.4. The molecule has 0 aliphatic heterocycles. The van der Waals surface area contributed by atoms with E-state index in [1.165, 1.54) is 0 Å². The Labute approximate surface area is 242 Å². The highest BCUT2D eigenvalue weighted by Gasteiger charge is 2.29. The van der Waals surface area contributed by atoms with Crippen LogP contribution in [0.1, 0.15) is 53.6 Å². The average molecular weight is 570 g/mol. The Morgan fingerprint density at radius 3 is 2.44 bits per heavy atom. The molecular formula is C33H35N3O4S. The molecule has 1 amide bonds. The van der Waals surface area contributed by atoms with Crippen molar-refractivity contribution in [2.24, 2.45) is 0 Å². The number of nitrogens with zero attached hydrogens (tertiary/aromatic N) is 2. The van der Waals surface area contributed by atoms with Crippen molar-refractivity contribution in [1.82, 2.24) is 9.71 Å². The monoisotopic (exact) mass is 569 g/mol. The third kappa shape index (κ3) is 6.84. The fraction of sp³-hybridized carbons (Fsp3) is 0.273. The van der Waals surface area contributed by atoms with E-state index in [0.29, 0.717) is 25.8 Å². The lowest BCUT2D eigenvalue weighted by atomic mass is 10.1. The quantitative estimate of drug-likeness (QED) is 0.247. The first-order chi connectivity index (χ1) is 19.9. The van der Waals surface area contributed by atoms with Crippen LogP contribution in [0.2, 0.25) is 0 Å². The second kappa shape index (κ2) is 12.7. The van der Waals surface area contributed by atoms with Crippen molar-refractivity contribution >= 4 is 21.6 Å².